The molecule has 0 spiro atoms. The highest BCUT2D eigenvalue weighted by molar-refractivity contribution is 9.10. The van der Waals surface area contributed by atoms with E-state index in [1.807, 2.05) is 41.9 Å². The monoisotopic (exact) mass is 394 g/mol. The summed E-state index contributed by atoms with van der Waals surface area (Å²) < 4.78 is 0.993. The second-order valence-corrected chi connectivity index (χ2v) is 6.91. The lowest BCUT2D eigenvalue weighted by Crippen LogP contribution is -2.28. The van der Waals surface area contributed by atoms with Crippen molar-refractivity contribution in [1.82, 2.24) is 10.6 Å². The van der Waals surface area contributed by atoms with Crippen molar-refractivity contribution in [1.29, 1.82) is 0 Å². The summed E-state index contributed by atoms with van der Waals surface area (Å²) in [6, 6.07) is 9.62. The number of amides is 2. The molecule has 1 aromatic carbocycles. The third kappa shape index (κ3) is 5.80. The summed E-state index contributed by atoms with van der Waals surface area (Å²) in [7, 11) is 0. The number of nitrogens with one attached hydrogen (secondary N) is 2. The van der Waals surface area contributed by atoms with Crippen LogP contribution in [0.25, 0.3) is 0 Å². The Hall–Kier alpha value is -1.66. The first-order valence-corrected chi connectivity index (χ1v) is 9.15. The number of benzene rings is 1. The molecule has 0 fully saturated rings. The molecule has 6 heteroatoms. The van der Waals surface area contributed by atoms with Gasteiger partial charge in [0.05, 0.1) is 6.04 Å². The molecule has 2 N–H and O–H groups in total. The third-order valence-electron chi connectivity index (χ3n) is 3.38. The zero-order valence-electron chi connectivity index (χ0n) is 12.8. The van der Waals surface area contributed by atoms with Gasteiger partial charge in [-0.1, -0.05) is 28.1 Å². The van der Waals surface area contributed by atoms with Crippen LogP contribution in [0.5, 0.6) is 0 Å². The van der Waals surface area contributed by atoms with Crippen LogP contribution in [0.15, 0.2) is 45.6 Å². The highest BCUT2D eigenvalue weighted by atomic mass is 79.9. The Kier molecular flexibility index (Phi) is 6.80. The Bertz CT molecular complexity index is 658. The molecule has 0 bridgehead atoms. The fourth-order valence-electron chi connectivity index (χ4n) is 2.12. The van der Waals surface area contributed by atoms with Gasteiger partial charge in [0, 0.05) is 28.4 Å². The summed E-state index contributed by atoms with van der Waals surface area (Å²) >= 11 is 4.92. The van der Waals surface area contributed by atoms with Crippen LogP contribution >= 0.6 is 27.3 Å². The van der Waals surface area contributed by atoms with Gasteiger partial charge in [-0.25, -0.2) is 0 Å². The van der Waals surface area contributed by atoms with Gasteiger partial charge >= 0.3 is 0 Å². The molecule has 1 unspecified atom stereocenters. The average molecular weight is 395 g/mol. The summed E-state index contributed by atoms with van der Waals surface area (Å²) in [5, 5.41) is 9.46. The molecular weight excluding hydrogens is 376 g/mol. The number of halogens is 1. The molecule has 0 aliphatic rings. The van der Waals surface area contributed by atoms with E-state index in [0.717, 1.165) is 10.0 Å². The zero-order chi connectivity index (χ0) is 16.7. The number of hydrogen-bond acceptors (Lipinski definition) is 3. The van der Waals surface area contributed by atoms with Crippen molar-refractivity contribution >= 4 is 39.1 Å². The van der Waals surface area contributed by atoms with E-state index in [-0.39, 0.29) is 17.9 Å². The quantitative estimate of drug-likeness (QED) is 0.699. The molecule has 0 aliphatic heterocycles. The Morgan fingerprint density at radius 3 is 2.83 bits per heavy atom. The van der Waals surface area contributed by atoms with E-state index in [2.05, 4.69) is 26.6 Å². The molecule has 1 aromatic heterocycles. The summed E-state index contributed by atoms with van der Waals surface area (Å²) in [6.45, 7) is 2.45. The number of rotatable bonds is 7. The van der Waals surface area contributed by atoms with Gasteiger partial charge < -0.3 is 10.6 Å². The lowest BCUT2D eigenvalue weighted by atomic mass is 10.1. The standard InChI is InChI=1S/C17H19BrN2O2S/c1-12(13-4-2-5-15(18)10-13)20-16(21)6-3-8-19-17(22)14-7-9-23-11-14/h2,4-5,7,9-12H,3,6,8H2,1H3,(H,19,22)(H,20,21). The zero-order valence-corrected chi connectivity index (χ0v) is 15.2. The van der Waals surface area contributed by atoms with E-state index in [1.54, 1.807) is 6.07 Å². The van der Waals surface area contributed by atoms with Gasteiger partial charge in [0.1, 0.15) is 0 Å². The van der Waals surface area contributed by atoms with Crippen LogP contribution in [0.1, 0.15) is 41.7 Å². The molecule has 0 radical (unpaired) electrons. The van der Waals surface area contributed by atoms with E-state index in [4.69, 9.17) is 0 Å². The first kappa shape index (κ1) is 17.7. The normalized spacial score (nSPS) is 11.7. The second kappa shape index (κ2) is 8.84. The van der Waals surface area contributed by atoms with Crippen molar-refractivity contribution in [3.05, 3.63) is 56.7 Å². The maximum absolute atomic E-state index is 12.0. The second-order valence-electron chi connectivity index (χ2n) is 5.22. The third-order valence-corrected chi connectivity index (χ3v) is 4.55. The predicted molar refractivity (Wildman–Crippen MR) is 96.6 cm³/mol. The van der Waals surface area contributed by atoms with Gasteiger partial charge in [0.15, 0.2) is 0 Å². The summed E-state index contributed by atoms with van der Waals surface area (Å²) in [4.78, 5) is 23.7. The van der Waals surface area contributed by atoms with E-state index in [1.165, 1.54) is 11.3 Å². The molecular formula is C17H19BrN2O2S. The minimum Gasteiger partial charge on any atom is -0.352 e. The number of carbonyl (C=O) groups excluding carboxylic acids is 2. The van der Waals surface area contributed by atoms with Crippen molar-refractivity contribution in [2.45, 2.75) is 25.8 Å². The number of thiophene rings is 1. The van der Waals surface area contributed by atoms with Crippen LogP contribution < -0.4 is 10.6 Å². The number of hydrogen-bond donors (Lipinski definition) is 2. The average Bonchev–Trinajstić information content (AvgIpc) is 3.06. The van der Waals surface area contributed by atoms with Gasteiger partial charge in [0.25, 0.3) is 5.91 Å². The maximum atomic E-state index is 12.0. The Morgan fingerprint density at radius 2 is 2.13 bits per heavy atom. The maximum Gasteiger partial charge on any atom is 0.252 e. The molecule has 2 aromatic rings. The van der Waals surface area contributed by atoms with Crippen molar-refractivity contribution < 1.29 is 9.59 Å². The van der Waals surface area contributed by atoms with E-state index in [0.29, 0.717) is 24.9 Å². The highest BCUT2D eigenvalue weighted by Gasteiger charge is 2.10. The van der Waals surface area contributed by atoms with Crippen molar-refractivity contribution in [3.8, 4) is 0 Å². The van der Waals surface area contributed by atoms with Crippen LogP contribution in [0.4, 0.5) is 0 Å². The Balaban J connectivity index is 1.68. The smallest absolute Gasteiger partial charge is 0.252 e. The fraction of sp³-hybridized carbons (Fsp3) is 0.294. The van der Waals surface area contributed by atoms with Gasteiger partial charge in [0.2, 0.25) is 5.91 Å². The molecule has 0 aliphatic carbocycles. The Morgan fingerprint density at radius 1 is 1.30 bits per heavy atom. The first-order chi connectivity index (χ1) is 11.1. The molecule has 2 rings (SSSR count). The molecule has 4 nitrogen and oxygen atoms in total. The lowest BCUT2D eigenvalue weighted by molar-refractivity contribution is -0.121. The number of carbonyl (C=O) groups is 2. The van der Waals surface area contributed by atoms with Crippen LogP contribution in [-0.2, 0) is 4.79 Å². The van der Waals surface area contributed by atoms with Crippen molar-refractivity contribution in [3.63, 3.8) is 0 Å². The van der Waals surface area contributed by atoms with Crippen molar-refractivity contribution in [2.24, 2.45) is 0 Å². The molecule has 1 atom stereocenters. The van der Waals surface area contributed by atoms with Crippen LogP contribution in [-0.4, -0.2) is 18.4 Å². The van der Waals surface area contributed by atoms with Gasteiger partial charge in [-0.05, 0) is 42.5 Å². The lowest BCUT2D eigenvalue weighted by Gasteiger charge is -2.14. The molecule has 122 valence electrons. The van der Waals surface area contributed by atoms with Crippen molar-refractivity contribution in [2.75, 3.05) is 6.54 Å². The molecule has 0 saturated carbocycles. The van der Waals surface area contributed by atoms with Crippen LogP contribution in [0.2, 0.25) is 0 Å². The van der Waals surface area contributed by atoms with Crippen LogP contribution in [0.3, 0.4) is 0 Å². The van der Waals surface area contributed by atoms with E-state index in [9.17, 15) is 9.59 Å². The van der Waals surface area contributed by atoms with Gasteiger partial charge in [-0.15, -0.1) is 0 Å². The van der Waals surface area contributed by atoms with E-state index < -0.39 is 0 Å². The molecule has 0 saturated heterocycles. The summed E-state index contributed by atoms with van der Waals surface area (Å²) in [5.74, 6) is -0.101. The highest BCUT2D eigenvalue weighted by Crippen LogP contribution is 2.17. The molecule has 23 heavy (non-hydrogen) atoms. The largest absolute Gasteiger partial charge is 0.352 e. The fourth-order valence-corrected chi connectivity index (χ4v) is 3.17. The molecule has 2 amide bonds. The summed E-state index contributed by atoms with van der Waals surface area (Å²) in [5.41, 5.74) is 1.72. The van der Waals surface area contributed by atoms with Crippen LogP contribution in [0, 0.1) is 0 Å². The minimum atomic E-state index is -0.0887. The van der Waals surface area contributed by atoms with E-state index >= 15 is 0 Å². The summed E-state index contributed by atoms with van der Waals surface area (Å²) in [6.07, 6.45) is 1.01. The molecule has 1 heterocycles. The van der Waals surface area contributed by atoms with Gasteiger partial charge in [-0.3, -0.25) is 9.59 Å². The Labute approximate surface area is 148 Å². The van der Waals surface area contributed by atoms with Gasteiger partial charge in [-0.2, -0.15) is 11.3 Å². The topological polar surface area (TPSA) is 58.2 Å². The SMILES string of the molecule is CC(NC(=O)CCCNC(=O)c1ccsc1)c1cccc(Br)c1. The predicted octanol–water partition coefficient (Wildman–Crippen LogP) is 3.90. The first-order valence-electron chi connectivity index (χ1n) is 7.41. The minimum absolute atomic E-state index is 0.0118.